The van der Waals surface area contributed by atoms with E-state index in [0.717, 1.165) is 22.8 Å². The van der Waals surface area contributed by atoms with E-state index in [9.17, 15) is 14.4 Å². The van der Waals surface area contributed by atoms with Crippen molar-refractivity contribution in [1.29, 1.82) is 0 Å². The Labute approximate surface area is 225 Å². The summed E-state index contributed by atoms with van der Waals surface area (Å²) in [4.78, 5) is 41.6. The average molecular weight is 518 g/mol. The van der Waals surface area contributed by atoms with Gasteiger partial charge in [0.1, 0.15) is 17.7 Å². The zero-order valence-electron chi connectivity index (χ0n) is 23.2. The molecule has 0 aliphatic carbocycles. The average Bonchev–Trinajstić information content (AvgIpc) is 2.84. The monoisotopic (exact) mass is 517 g/mol. The molecule has 0 saturated carbocycles. The van der Waals surface area contributed by atoms with Gasteiger partial charge in [0.2, 0.25) is 5.91 Å². The molecular formula is C31H39N3O4. The van der Waals surface area contributed by atoms with Crippen molar-refractivity contribution < 1.29 is 19.1 Å². The van der Waals surface area contributed by atoms with Crippen LogP contribution < -0.4 is 10.6 Å². The van der Waals surface area contributed by atoms with E-state index in [4.69, 9.17) is 4.74 Å². The van der Waals surface area contributed by atoms with Gasteiger partial charge in [-0.05, 0) is 69.5 Å². The van der Waals surface area contributed by atoms with Crippen molar-refractivity contribution in [3.8, 4) is 0 Å². The molecule has 0 saturated heterocycles. The molecule has 2 N–H and O–H groups in total. The minimum atomic E-state index is -0.887. The molecule has 0 aromatic heterocycles. The van der Waals surface area contributed by atoms with Gasteiger partial charge in [-0.2, -0.15) is 0 Å². The fourth-order valence-electron chi connectivity index (χ4n) is 4.28. The van der Waals surface area contributed by atoms with E-state index < -0.39 is 23.8 Å². The minimum Gasteiger partial charge on any atom is -0.444 e. The SMILES string of the molecule is CCCCN(C(=O)C(C)NC(=O)OC(C)(C)C)C(C(=O)Nc1ccc2ccccc2c1)c1cccc(C)c1. The zero-order valence-corrected chi connectivity index (χ0v) is 23.2. The lowest BCUT2D eigenvalue weighted by Gasteiger charge is -2.34. The first-order valence-corrected chi connectivity index (χ1v) is 13.1. The van der Waals surface area contributed by atoms with Crippen LogP contribution in [0.2, 0.25) is 0 Å². The number of benzene rings is 3. The molecule has 0 spiro atoms. The molecule has 2 atom stereocenters. The Hall–Kier alpha value is -3.87. The molecule has 7 nitrogen and oxygen atoms in total. The molecular weight excluding hydrogens is 478 g/mol. The summed E-state index contributed by atoms with van der Waals surface area (Å²) in [5.74, 6) is -0.677. The number of nitrogens with one attached hydrogen (secondary N) is 2. The van der Waals surface area contributed by atoms with E-state index in [1.54, 1.807) is 32.6 Å². The number of amides is 3. The third kappa shape index (κ3) is 7.81. The van der Waals surface area contributed by atoms with Crippen molar-refractivity contribution >= 4 is 34.4 Å². The van der Waals surface area contributed by atoms with Gasteiger partial charge in [0.05, 0.1) is 0 Å². The normalized spacial score (nSPS) is 12.9. The Morgan fingerprint density at radius 2 is 1.66 bits per heavy atom. The van der Waals surface area contributed by atoms with E-state index in [1.807, 2.05) is 80.6 Å². The van der Waals surface area contributed by atoms with Crippen LogP contribution in [0.15, 0.2) is 66.7 Å². The first-order chi connectivity index (χ1) is 18.0. The Morgan fingerprint density at radius 3 is 2.32 bits per heavy atom. The fourth-order valence-corrected chi connectivity index (χ4v) is 4.28. The second-order valence-electron chi connectivity index (χ2n) is 10.6. The predicted molar refractivity (Wildman–Crippen MR) is 152 cm³/mol. The Bertz CT molecular complexity index is 1280. The highest BCUT2D eigenvalue weighted by Gasteiger charge is 2.34. The summed E-state index contributed by atoms with van der Waals surface area (Å²) in [6, 6.07) is 19.5. The molecule has 202 valence electrons. The van der Waals surface area contributed by atoms with Gasteiger partial charge in [-0.3, -0.25) is 9.59 Å². The van der Waals surface area contributed by atoms with Crippen molar-refractivity contribution in [3.05, 3.63) is 77.9 Å². The lowest BCUT2D eigenvalue weighted by Crippen LogP contribution is -2.51. The first kappa shape index (κ1) is 28.7. The molecule has 0 aliphatic heterocycles. The standard InChI is InChI=1S/C31H39N3O4/c1-7-8-18-34(29(36)22(3)32-30(37)38-31(4,5)6)27(25-15-11-12-21(2)19-25)28(35)33-26-17-16-23-13-9-10-14-24(23)20-26/h9-17,19-20,22,27H,7-8,18H2,1-6H3,(H,32,37)(H,33,35). The number of fused-ring (bicyclic) bond motifs is 1. The predicted octanol–water partition coefficient (Wildman–Crippen LogP) is 6.37. The number of hydrogen-bond acceptors (Lipinski definition) is 4. The molecule has 38 heavy (non-hydrogen) atoms. The van der Waals surface area contributed by atoms with Crippen LogP contribution >= 0.6 is 0 Å². The molecule has 3 amide bonds. The summed E-state index contributed by atoms with van der Waals surface area (Å²) in [5, 5.41) is 7.74. The van der Waals surface area contributed by atoms with Crippen LogP contribution in [-0.4, -0.2) is 41.0 Å². The highest BCUT2D eigenvalue weighted by atomic mass is 16.6. The van der Waals surface area contributed by atoms with Gasteiger partial charge in [0.25, 0.3) is 5.91 Å². The van der Waals surface area contributed by atoms with Crippen LogP contribution in [0.25, 0.3) is 10.8 Å². The summed E-state index contributed by atoms with van der Waals surface area (Å²) in [6.07, 6.45) is 0.863. The van der Waals surface area contributed by atoms with Gasteiger partial charge in [-0.15, -0.1) is 0 Å². The number of unbranched alkanes of at least 4 members (excludes halogenated alkanes) is 1. The van der Waals surface area contributed by atoms with Crippen molar-refractivity contribution in [1.82, 2.24) is 10.2 Å². The number of ether oxygens (including phenoxy) is 1. The number of rotatable bonds is 9. The van der Waals surface area contributed by atoms with Crippen LogP contribution in [0.5, 0.6) is 0 Å². The number of hydrogen-bond donors (Lipinski definition) is 2. The fraction of sp³-hybridized carbons (Fsp3) is 0.387. The quantitative estimate of drug-likeness (QED) is 0.345. The van der Waals surface area contributed by atoms with Crippen LogP contribution in [0.4, 0.5) is 10.5 Å². The molecule has 0 radical (unpaired) electrons. The van der Waals surface area contributed by atoms with Crippen molar-refractivity contribution in [2.45, 2.75) is 72.1 Å². The topological polar surface area (TPSA) is 87.7 Å². The molecule has 3 rings (SSSR count). The number of anilines is 1. The van der Waals surface area contributed by atoms with Gasteiger partial charge >= 0.3 is 6.09 Å². The highest BCUT2D eigenvalue weighted by molar-refractivity contribution is 6.00. The second-order valence-corrected chi connectivity index (χ2v) is 10.6. The molecule has 0 bridgehead atoms. The summed E-state index contributed by atoms with van der Waals surface area (Å²) < 4.78 is 5.34. The molecule has 0 fully saturated rings. The van der Waals surface area contributed by atoms with Crippen LogP contribution in [0.1, 0.15) is 64.6 Å². The van der Waals surface area contributed by atoms with Crippen molar-refractivity contribution in [2.24, 2.45) is 0 Å². The molecule has 0 heterocycles. The molecule has 3 aromatic rings. The number of alkyl carbamates (subject to hydrolysis) is 1. The van der Waals surface area contributed by atoms with Gasteiger partial charge in [0.15, 0.2) is 0 Å². The Kier molecular flexibility index (Phi) is 9.50. The maximum atomic E-state index is 13.9. The summed E-state index contributed by atoms with van der Waals surface area (Å²) in [7, 11) is 0. The van der Waals surface area contributed by atoms with Crippen LogP contribution in [-0.2, 0) is 14.3 Å². The van der Waals surface area contributed by atoms with E-state index >= 15 is 0 Å². The number of carbonyl (C=O) groups excluding carboxylic acids is 3. The number of carbonyl (C=O) groups is 3. The molecule has 7 heteroatoms. The van der Waals surface area contributed by atoms with Crippen LogP contribution in [0.3, 0.4) is 0 Å². The maximum absolute atomic E-state index is 13.9. The number of nitrogens with zero attached hydrogens (tertiary/aromatic N) is 1. The first-order valence-electron chi connectivity index (χ1n) is 13.1. The Balaban J connectivity index is 1.94. The summed E-state index contributed by atoms with van der Waals surface area (Å²) in [6.45, 7) is 11.2. The highest BCUT2D eigenvalue weighted by Crippen LogP contribution is 2.27. The van der Waals surface area contributed by atoms with Gasteiger partial charge < -0.3 is 20.3 Å². The van der Waals surface area contributed by atoms with Crippen LogP contribution in [0, 0.1) is 6.92 Å². The van der Waals surface area contributed by atoms with E-state index in [1.165, 1.54) is 0 Å². The maximum Gasteiger partial charge on any atom is 0.408 e. The third-order valence-electron chi connectivity index (χ3n) is 6.07. The second kappa shape index (κ2) is 12.6. The zero-order chi connectivity index (χ0) is 27.9. The lowest BCUT2D eigenvalue weighted by atomic mass is 10.00. The largest absolute Gasteiger partial charge is 0.444 e. The lowest BCUT2D eigenvalue weighted by molar-refractivity contribution is -0.140. The van der Waals surface area contributed by atoms with Gasteiger partial charge in [0, 0.05) is 12.2 Å². The smallest absolute Gasteiger partial charge is 0.408 e. The van der Waals surface area contributed by atoms with E-state index in [-0.39, 0.29) is 11.8 Å². The summed E-state index contributed by atoms with van der Waals surface area (Å²) in [5.41, 5.74) is 1.64. The summed E-state index contributed by atoms with van der Waals surface area (Å²) >= 11 is 0. The van der Waals surface area contributed by atoms with Gasteiger partial charge in [-0.1, -0.05) is 73.5 Å². The molecule has 0 aliphatic rings. The molecule has 3 aromatic carbocycles. The third-order valence-corrected chi connectivity index (χ3v) is 6.07. The molecule has 2 unspecified atom stereocenters. The Morgan fingerprint density at radius 1 is 0.947 bits per heavy atom. The van der Waals surface area contributed by atoms with Crippen molar-refractivity contribution in [2.75, 3.05) is 11.9 Å². The van der Waals surface area contributed by atoms with Crippen molar-refractivity contribution in [3.63, 3.8) is 0 Å². The van der Waals surface area contributed by atoms with Gasteiger partial charge in [-0.25, -0.2) is 4.79 Å². The van der Waals surface area contributed by atoms with E-state index in [2.05, 4.69) is 10.6 Å². The number of aryl methyl sites for hydroxylation is 1. The van der Waals surface area contributed by atoms with E-state index in [0.29, 0.717) is 24.2 Å². The minimum absolute atomic E-state index is 0.320.